The van der Waals surface area contributed by atoms with Gasteiger partial charge in [-0.2, -0.15) is 0 Å². The Morgan fingerprint density at radius 1 is 0.825 bits per heavy atom. The van der Waals surface area contributed by atoms with Gasteiger partial charge in [-0.1, -0.05) is 48.5 Å². The van der Waals surface area contributed by atoms with Gasteiger partial charge in [-0.25, -0.2) is 14.4 Å². The highest BCUT2D eigenvalue weighted by Gasteiger charge is 2.35. The zero-order chi connectivity index (χ0) is 29.7. The van der Waals surface area contributed by atoms with Crippen LogP contribution in [0.15, 0.2) is 78.9 Å². The summed E-state index contributed by atoms with van der Waals surface area (Å²) >= 11 is 0. The number of benzene rings is 2. The van der Waals surface area contributed by atoms with E-state index in [9.17, 15) is 24.0 Å². The lowest BCUT2D eigenvalue weighted by Gasteiger charge is -2.34. The molecule has 2 atom stereocenters. The van der Waals surface area contributed by atoms with Crippen molar-refractivity contribution in [3.8, 4) is 0 Å². The number of likely N-dealkylation sites (tertiary alicyclic amines) is 1. The molecule has 2 aromatic carbocycles. The minimum atomic E-state index is -1.26. The predicted octanol–water partition coefficient (Wildman–Crippen LogP) is 2.57. The summed E-state index contributed by atoms with van der Waals surface area (Å²) in [7, 11) is 1.69. The zero-order valence-electron chi connectivity index (χ0n) is 22.1. The third-order valence-electron chi connectivity index (χ3n) is 6.23. The number of carboxylic acids is 3. The maximum absolute atomic E-state index is 13.7. The van der Waals surface area contributed by atoms with Crippen molar-refractivity contribution < 1.29 is 39.3 Å². The van der Waals surface area contributed by atoms with Gasteiger partial charge in [0.2, 0.25) is 5.91 Å². The average molecular weight is 552 g/mol. The fourth-order valence-corrected chi connectivity index (χ4v) is 4.27. The lowest BCUT2D eigenvalue weighted by atomic mass is 9.90. The first kappa shape index (κ1) is 31.4. The maximum atomic E-state index is 13.7. The summed E-state index contributed by atoms with van der Waals surface area (Å²) in [5.74, 6) is -6.03. The fraction of sp³-hybridized carbons (Fsp3) is 0.276. The second kappa shape index (κ2) is 15.6. The van der Waals surface area contributed by atoms with Gasteiger partial charge >= 0.3 is 17.9 Å². The molecule has 1 aliphatic rings. The van der Waals surface area contributed by atoms with E-state index in [2.05, 4.69) is 4.90 Å². The second-order valence-corrected chi connectivity index (χ2v) is 9.03. The normalized spacial score (nSPS) is 14.7. The van der Waals surface area contributed by atoms with Gasteiger partial charge in [0, 0.05) is 37.5 Å². The number of nitrogens with two attached hydrogens (primary N) is 1. The number of nitrogen functional groups attached to an aromatic ring is 1. The molecule has 0 aromatic heterocycles. The molecule has 1 saturated heterocycles. The largest absolute Gasteiger partial charge is 0.478 e. The van der Waals surface area contributed by atoms with Crippen molar-refractivity contribution >= 4 is 35.3 Å². The van der Waals surface area contributed by atoms with Crippen LogP contribution in [0.1, 0.15) is 35.9 Å². The summed E-state index contributed by atoms with van der Waals surface area (Å²) in [6.07, 6.45) is 5.05. The van der Waals surface area contributed by atoms with Crippen LogP contribution in [0.4, 0.5) is 5.69 Å². The van der Waals surface area contributed by atoms with E-state index in [1.54, 1.807) is 36.2 Å². The van der Waals surface area contributed by atoms with E-state index in [1.807, 2.05) is 30.3 Å². The molecule has 2 aromatic rings. The number of carboxylic acid groups (broad SMARTS) is 3. The van der Waals surface area contributed by atoms with Crippen molar-refractivity contribution in [3.63, 3.8) is 0 Å². The van der Waals surface area contributed by atoms with E-state index >= 15 is 0 Å². The van der Waals surface area contributed by atoms with Crippen LogP contribution in [-0.4, -0.2) is 81.4 Å². The number of likely N-dealkylation sites (N-methyl/N-ethyl adjacent to an activating group) is 1. The van der Waals surface area contributed by atoms with Crippen LogP contribution in [0, 0.1) is 0 Å². The number of allylic oxidation sites excluding steroid dienone is 1. The number of para-hydroxylation sites is 1. The first-order valence-electron chi connectivity index (χ1n) is 12.5. The highest BCUT2D eigenvalue weighted by atomic mass is 16.4. The Hall–Kier alpha value is -4.77. The molecule has 0 bridgehead atoms. The molecule has 0 aliphatic carbocycles. The van der Waals surface area contributed by atoms with Gasteiger partial charge in [0.15, 0.2) is 5.78 Å². The van der Waals surface area contributed by atoms with Crippen molar-refractivity contribution in [2.24, 2.45) is 0 Å². The monoisotopic (exact) mass is 551 g/mol. The molecule has 0 saturated carbocycles. The highest BCUT2D eigenvalue weighted by molar-refractivity contribution is 6.13. The number of aliphatic carboxylic acids is 3. The van der Waals surface area contributed by atoms with Gasteiger partial charge in [0.1, 0.15) is 5.92 Å². The molecule has 1 amide bonds. The molecule has 1 aliphatic heterocycles. The molecule has 0 radical (unpaired) electrons. The zero-order valence-corrected chi connectivity index (χ0v) is 22.1. The summed E-state index contributed by atoms with van der Waals surface area (Å²) in [4.78, 5) is 60.7. The molecule has 3 rings (SSSR count). The third-order valence-corrected chi connectivity index (χ3v) is 6.23. The minimum absolute atomic E-state index is 0.259. The van der Waals surface area contributed by atoms with E-state index in [4.69, 9.17) is 21.1 Å². The quantitative estimate of drug-likeness (QED) is 0.184. The Labute approximate surface area is 231 Å². The Kier molecular flexibility index (Phi) is 12.3. The van der Waals surface area contributed by atoms with Gasteiger partial charge in [0.05, 0.1) is 6.04 Å². The molecule has 1 heterocycles. The van der Waals surface area contributed by atoms with Gasteiger partial charge in [-0.05, 0) is 49.2 Å². The van der Waals surface area contributed by atoms with Gasteiger partial charge in [-0.15, -0.1) is 0 Å². The van der Waals surface area contributed by atoms with Crippen LogP contribution in [0.25, 0.3) is 0 Å². The Morgan fingerprint density at radius 3 is 1.85 bits per heavy atom. The second-order valence-electron chi connectivity index (χ2n) is 9.03. The molecule has 2 unspecified atom stereocenters. The van der Waals surface area contributed by atoms with Crippen LogP contribution in [0.3, 0.4) is 0 Å². The van der Waals surface area contributed by atoms with Gasteiger partial charge < -0.3 is 30.9 Å². The Morgan fingerprint density at radius 2 is 1.32 bits per heavy atom. The summed E-state index contributed by atoms with van der Waals surface area (Å²) in [5, 5.41) is 24.6. The molecule has 11 heteroatoms. The van der Waals surface area contributed by atoms with Crippen molar-refractivity contribution in [2.75, 3.05) is 32.4 Å². The SMILES string of the molecule is CN(C(=O)C(C(=O)/C=C/C(=O)O)c1ccccc1N)C(CN1CCCC1)c1ccccc1.O=C(O)/C=C\C(=O)O. The number of hydrogen-bond donors (Lipinski definition) is 4. The minimum Gasteiger partial charge on any atom is -0.478 e. The van der Waals surface area contributed by atoms with Crippen molar-refractivity contribution in [2.45, 2.75) is 24.8 Å². The molecule has 1 fully saturated rings. The lowest BCUT2D eigenvalue weighted by molar-refractivity contribution is -0.138. The number of hydrogen-bond acceptors (Lipinski definition) is 7. The first-order chi connectivity index (χ1) is 19.0. The maximum Gasteiger partial charge on any atom is 0.328 e. The Bertz CT molecular complexity index is 1240. The summed E-state index contributed by atoms with van der Waals surface area (Å²) < 4.78 is 0. The van der Waals surface area contributed by atoms with E-state index < -0.39 is 35.5 Å². The van der Waals surface area contributed by atoms with Crippen molar-refractivity contribution in [1.29, 1.82) is 0 Å². The average Bonchev–Trinajstić information content (AvgIpc) is 3.44. The van der Waals surface area contributed by atoms with E-state index in [0.717, 1.165) is 43.6 Å². The number of anilines is 1. The van der Waals surface area contributed by atoms with Crippen LogP contribution < -0.4 is 5.73 Å². The number of amides is 1. The number of carbonyl (C=O) groups is 5. The molecule has 5 N–H and O–H groups in total. The predicted molar refractivity (Wildman–Crippen MR) is 147 cm³/mol. The summed E-state index contributed by atoms with van der Waals surface area (Å²) in [6, 6.07) is 16.2. The van der Waals surface area contributed by atoms with Crippen LogP contribution >= 0.6 is 0 Å². The summed E-state index contributed by atoms with van der Waals surface area (Å²) in [5.41, 5.74) is 7.76. The van der Waals surface area contributed by atoms with Crippen LogP contribution in [0.5, 0.6) is 0 Å². The standard InChI is InChI=1S/C25H29N3O4.C4H4O4/c1-27(21(17-28-15-7-8-16-28)18-9-3-2-4-10-18)25(32)24(22(29)13-14-23(30)31)19-11-5-6-12-20(19)26;5-3(6)1-2-4(7)8/h2-6,9-14,21,24H,7-8,15-17,26H2,1H3,(H,30,31);1-2H,(H,5,6)(H,7,8)/b14-13+;2-1-. The van der Waals surface area contributed by atoms with Gasteiger partial charge in [-0.3, -0.25) is 9.59 Å². The highest BCUT2D eigenvalue weighted by Crippen LogP contribution is 2.30. The smallest absolute Gasteiger partial charge is 0.328 e. The van der Waals surface area contributed by atoms with Crippen LogP contribution in [0.2, 0.25) is 0 Å². The molecule has 11 nitrogen and oxygen atoms in total. The van der Waals surface area contributed by atoms with Crippen molar-refractivity contribution in [3.05, 3.63) is 90.0 Å². The number of carbonyl (C=O) groups excluding carboxylic acids is 2. The Balaban J connectivity index is 0.000000611. The van der Waals surface area contributed by atoms with Gasteiger partial charge in [0.25, 0.3) is 0 Å². The third kappa shape index (κ3) is 9.84. The number of ketones is 1. The van der Waals surface area contributed by atoms with E-state index in [-0.39, 0.29) is 6.04 Å². The van der Waals surface area contributed by atoms with Crippen LogP contribution in [-0.2, 0) is 24.0 Å². The fourth-order valence-electron chi connectivity index (χ4n) is 4.27. The molecular formula is C29H33N3O8. The summed E-state index contributed by atoms with van der Waals surface area (Å²) in [6.45, 7) is 2.60. The molecule has 40 heavy (non-hydrogen) atoms. The van der Waals surface area contributed by atoms with Crippen molar-refractivity contribution in [1.82, 2.24) is 9.80 Å². The topological polar surface area (TPSA) is 179 Å². The lowest BCUT2D eigenvalue weighted by Crippen LogP contribution is -2.42. The number of nitrogens with zero attached hydrogens (tertiary/aromatic N) is 2. The van der Waals surface area contributed by atoms with E-state index in [1.165, 1.54) is 0 Å². The number of rotatable bonds is 11. The first-order valence-corrected chi connectivity index (χ1v) is 12.5. The molecule has 212 valence electrons. The van der Waals surface area contributed by atoms with E-state index in [0.29, 0.717) is 29.9 Å². The molecular weight excluding hydrogens is 518 g/mol. The molecule has 0 spiro atoms.